The summed E-state index contributed by atoms with van der Waals surface area (Å²) in [5.74, 6) is -0.414. The van der Waals surface area contributed by atoms with Gasteiger partial charge >= 0.3 is 0 Å². The summed E-state index contributed by atoms with van der Waals surface area (Å²) in [5.41, 5.74) is 1.50. The molecule has 0 bridgehead atoms. The largest absolute Gasteiger partial charge is 0.294 e. The number of carbonyl (C=O) groups excluding carboxylic acids is 1. The minimum absolute atomic E-state index is 0.00465. The lowest BCUT2D eigenvalue weighted by Gasteiger charge is -2.27. The first-order chi connectivity index (χ1) is 16.2. The fraction of sp³-hybridized carbons (Fsp3) is 0.296. The van der Waals surface area contributed by atoms with Gasteiger partial charge in [-0.3, -0.25) is 4.79 Å². The number of carbonyl (C=O) groups is 1. The van der Waals surface area contributed by atoms with Gasteiger partial charge in [-0.15, -0.1) is 3.77 Å². The zero-order valence-corrected chi connectivity index (χ0v) is 21.4. The van der Waals surface area contributed by atoms with Crippen LogP contribution in [0, 0.1) is 12.8 Å². The standard InChI is InChI=1S/C27H31NO4S2/c1-4-11-27(22(3)20-26(29)23-12-7-5-8-13-23)33(30,24-14-9-6-10-15-24)28-34(31,32)25-18-16-21(2)17-19-25/h5-10,12-19,22,27H,4,11,20H2,1-3H3/t22-,27-,33?/m1/s1. The molecule has 3 aromatic carbocycles. The van der Waals surface area contributed by atoms with Gasteiger partial charge in [-0.1, -0.05) is 86.5 Å². The molecule has 34 heavy (non-hydrogen) atoms. The molecule has 0 fully saturated rings. The first-order valence-corrected chi connectivity index (χ1v) is 14.4. The highest BCUT2D eigenvalue weighted by Crippen LogP contribution is 2.32. The number of ketones is 1. The van der Waals surface area contributed by atoms with E-state index in [0.29, 0.717) is 23.3 Å². The molecule has 5 nitrogen and oxygen atoms in total. The van der Waals surface area contributed by atoms with Crippen molar-refractivity contribution < 1.29 is 17.4 Å². The monoisotopic (exact) mass is 497 g/mol. The third-order valence-corrected chi connectivity index (χ3v) is 10.8. The van der Waals surface area contributed by atoms with Crippen LogP contribution in [0.4, 0.5) is 0 Å². The molecule has 0 radical (unpaired) electrons. The summed E-state index contributed by atoms with van der Waals surface area (Å²) in [5, 5.41) is -0.618. The van der Waals surface area contributed by atoms with Crippen molar-refractivity contribution in [3.05, 3.63) is 96.1 Å². The van der Waals surface area contributed by atoms with Gasteiger partial charge in [-0.05, 0) is 43.5 Å². The van der Waals surface area contributed by atoms with Gasteiger partial charge in [0.2, 0.25) is 0 Å². The van der Waals surface area contributed by atoms with Crippen LogP contribution in [0.3, 0.4) is 0 Å². The summed E-state index contributed by atoms with van der Waals surface area (Å²) < 4.78 is 45.3. The molecule has 0 saturated carbocycles. The number of nitrogens with zero attached hydrogens (tertiary/aromatic N) is 1. The molecule has 0 aliphatic rings. The molecule has 0 spiro atoms. The van der Waals surface area contributed by atoms with E-state index in [2.05, 4.69) is 3.77 Å². The van der Waals surface area contributed by atoms with Gasteiger partial charge in [-0.2, -0.15) is 8.42 Å². The average Bonchev–Trinajstić information content (AvgIpc) is 2.83. The highest BCUT2D eigenvalue weighted by Gasteiger charge is 2.34. The van der Waals surface area contributed by atoms with Gasteiger partial charge in [0, 0.05) is 16.9 Å². The number of Topliss-reactive ketones (excluding diaryl/α,β-unsaturated/α-hetero) is 1. The van der Waals surface area contributed by atoms with Crippen LogP contribution in [0.15, 0.2) is 98.5 Å². The Morgan fingerprint density at radius 3 is 1.94 bits per heavy atom. The molecule has 1 unspecified atom stereocenters. The van der Waals surface area contributed by atoms with Gasteiger partial charge in [-0.25, -0.2) is 4.21 Å². The van der Waals surface area contributed by atoms with Crippen LogP contribution in [-0.4, -0.2) is 23.7 Å². The Morgan fingerprint density at radius 1 is 0.824 bits per heavy atom. The molecule has 3 rings (SSSR count). The van der Waals surface area contributed by atoms with E-state index in [0.717, 1.165) is 5.56 Å². The molecular weight excluding hydrogens is 466 g/mol. The highest BCUT2D eigenvalue weighted by molar-refractivity contribution is 8.03. The second-order valence-corrected chi connectivity index (χ2v) is 12.8. The van der Waals surface area contributed by atoms with E-state index in [-0.39, 0.29) is 23.0 Å². The fourth-order valence-electron chi connectivity index (χ4n) is 4.00. The van der Waals surface area contributed by atoms with Crippen molar-refractivity contribution in [2.45, 2.75) is 55.1 Å². The Labute approximate surface area is 203 Å². The third kappa shape index (κ3) is 6.02. The summed E-state index contributed by atoms with van der Waals surface area (Å²) in [6.45, 7) is 5.68. The maximum absolute atomic E-state index is 14.6. The molecule has 0 amide bonds. The van der Waals surface area contributed by atoms with E-state index < -0.39 is 25.0 Å². The van der Waals surface area contributed by atoms with Crippen LogP contribution in [0.25, 0.3) is 0 Å². The number of hydrogen-bond acceptors (Lipinski definition) is 4. The van der Waals surface area contributed by atoms with E-state index in [1.54, 1.807) is 66.7 Å². The quantitative estimate of drug-likeness (QED) is 0.308. The first kappa shape index (κ1) is 25.8. The second-order valence-electron chi connectivity index (χ2n) is 8.54. The Balaban J connectivity index is 2.11. The second kappa shape index (κ2) is 11.1. The number of benzene rings is 3. The van der Waals surface area contributed by atoms with Crippen molar-refractivity contribution >= 4 is 25.5 Å². The van der Waals surface area contributed by atoms with E-state index in [1.807, 2.05) is 26.8 Å². The summed E-state index contributed by atoms with van der Waals surface area (Å²) in [6.07, 6.45) is 1.31. The average molecular weight is 498 g/mol. The van der Waals surface area contributed by atoms with Gasteiger partial charge in [0.25, 0.3) is 10.0 Å². The molecule has 0 saturated heterocycles. The van der Waals surface area contributed by atoms with Crippen LogP contribution in [0.5, 0.6) is 0 Å². The topological polar surface area (TPSA) is 80.6 Å². The minimum Gasteiger partial charge on any atom is -0.294 e. The molecule has 3 aromatic rings. The van der Waals surface area contributed by atoms with E-state index in [9.17, 15) is 17.4 Å². The van der Waals surface area contributed by atoms with Crippen molar-refractivity contribution in [2.75, 3.05) is 0 Å². The normalized spacial score (nSPS) is 15.1. The Bertz CT molecular complexity index is 1330. The Hall–Kier alpha value is -2.77. The lowest BCUT2D eigenvalue weighted by Crippen LogP contribution is -2.30. The van der Waals surface area contributed by atoms with Gasteiger partial charge in [0.1, 0.15) is 0 Å². The summed E-state index contributed by atoms with van der Waals surface area (Å²) in [7, 11) is -7.62. The van der Waals surface area contributed by atoms with Crippen LogP contribution < -0.4 is 0 Å². The molecular formula is C27H31NO4S2. The van der Waals surface area contributed by atoms with Crippen molar-refractivity contribution in [1.29, 1.82) is 0 Å². The van der Waals surface area contributed by atoms with E-state index in [1.165, 1.54) is 12.1 Å². The SMILES string of the molecule is CCC[C@H]([C@H](C)CC(=O)c1ccccc1)S(=O)(=NS(=O)(=O)c1ccc(C)cc1)c1ccccc1. The first-order valence-electron chi connectivity index (χ1n) is 11.4. The van der Waals surface area contributed by atoms with Crippen LogP contribution in [0.2, 0.25) is 0 Å². The van der Waals surface area contributed by atoms with Crippen molar-refractivity contribution in [2.24, 2.45) is 9.69 Å². The summed E-state index contributed by atoms with van der Waals surface area (Å²) in [4.78, 5) is 13.3. The molecule has 3 atom stereocenters. The Kier molecular flexibility index (Phi) is 8.44. The predicted octanol–water partition coefficient (Wildman–Crippen LogP) is 6.29. The van der Waals surface area contributed by atoms with Gasteiger partial charge in [0.05, 0.1) is 19.9 Å². The minimum atomic E-state index is -4.20. The van der Waals surface area contributed by atoms with Crippen LogP contribution in [0.1, 0.15) is 49.0 Å². The number of rotatable bonds is 10. The molecule has 180 valence electrons. The van der Waals surface area contributed by atoms with Crippen molar-refractivity contribution in [3.63, 3.8) is 0 Å². The lowest BCUT2D eigenvalue weighted by molar-refractivity contribution is 0.0963. The fourth-order valence-corrected chi connectivity index (χ4v) is 8.95. The number of aryl methyl sites for hydroxylation is 1. The molecule has 0 aromatic heterocycles. The molecule has 0 N–H and O–H groups in total. The third-order valence-electron chi connectivity index (χ3n) is 5.83. The smallest absolute Gasteiger partial charge is 0.290 e. The molecule has 0 heterocycles. The number of hydrogen-bond donors (Lipinski definition) is 0. The summed E-state index contributed by atoms with van der Waals surface area (Å²) in [6, 6.07) is 23.9. The van der Waals surface area contributed by atoms with Crippen LogP contribution >= 0.6 is 0 Å². The lowest BCUT2D eigenvalue weighted by atomic mass is 9.95. The maximum atomic E-state index is 14.6. The van der Waals surface area contributed by atoms with Crippen molar-refractivity contribution in [1.82, 2.24) is 0 Å². The van der Waals surface area contributed by atoms with Gasteiger partial charge in [0.15, 0.2) is 5.78 Å². The Morgan fingerprint density at radius 2 is 1.38 bits per heavy atom. The predicted molar refractivity (Wildman–Crippen MR) is 137 cm³/mol. The van der Waals surface area contributed by atoms with Crippen molar-refractivity contribution in [3.8, 4) is 0 Å². The maximum Gasteiger partial charge on any atom is 0.290 e. The van der Waals surface area contributed by atoms with E-state index in [4.69, 9.17) is 0 Å². The molecule has 0 aliphatic heterocycles. The zero-order valence-electron chi connectivity index (χ0n) is 19.8. The molecule has 7 heteroatoms. The molecule has 0 aliphatic carbocycles. The summed E-state index contributed by atoms with van der Waals surface area (Å²) >= 11 is 0. The number of sulfonamides is 1. The van der Waals surface area contributed by atoms with Crippen LogP contribution in [-0.2, 0) is 19.8 Å². The van der Waals surface area contributed by atoms with Gasteiger partial charge < -0.3 is 0 Å². The van der Waals surface area contributed by atoms with E-state index >= 15 is 0 Å². The highest BCUT2D eigenvalue weighted by atomic mass is 32.3. The zero-order chi connectivity index (χ0) is 24.8.